The Morgan fingerprint density at radius 2 is 1.86 bits per heavy atom. The molecule has 0 spiro atoms. The van der Waals surface area contributed by atoms with E-state index in [1.807, 2.05) is 19.1 Å². The fourth-order valence-electron chi connectivity index (χ4n) is 2.19. The van der Waals surface area contributed by atoms with Gasteiger partial charge in [0.15, 0.2) is 11.6 Å². The third kappa shape index (κ3) is 3.88. The van der Waals surface area contributed by atoms with Gasteiger partial charge in [-0.25, -0.2) is 4.39 Å². The van der Waals surface area contributed by atoms with E-state index in [0.29, 0.717) is 12.3 Å². The molecule has 2 aromatic carbocycles. The third-order valence-electron chi connectivity index (χ3n) is 3.28. The number of hydrogen-bond donors (Lipinski definition) is 2. The van der Waals surface area contributed by atoms with Crippen LogP contribution in [-0.4, -0.2) is 11.7 Å². The standard InChI is InChI=1S/C17H20FNO2/c1-3-16(12-5-8-14(20)9-6-12)19-13-7-10-17(21-4-2)15(18)11-13/h5-11,16,19-20H,3-4H2,1-2H3. The minimum Gasteiger partial charge on any atom is -0.508 e. The first kappa shape index (κ1) is 15.2. The van der Waals surface area contributed by atoms with Crippen molar-refractivity contribution in [2.75, 3.05) is 11.9 Å². The molecule has 0 aromatic heterocycles. The molecule has 4 heteroatoms. The summed E-state index contributed by atoms with van der Waals surface area (Å²) in [6.45, 7) is 4.31. The molecule has 0 aliphatic carbocycles. The van der Waals surface area contributed by atoms with Gasteiger partial charge in [0.05, 0.1) is 12.6 Å². The van der Waals surface area contributed by atoms with E-state index in [1.54, 1.807) is 24.3 Å². The predicted octanol–water partition coefficient (Wildman–Crippen LogP) is 4.49. The van der Waals surface area contributed by atoms with Gasteiger partial charge in [-0.2, -0.15) is 0 Å². The zero-order chi connectivity index (χ0) is 15.2. The van der Waals surface area contributed by atoms with Gasteiger partial charge in [-0.15, -0.1) is 0 Å². The molecule has 2 rings (SSSR count). The fraction of sp³-hybridized carbons (Fsp3) is 0.294. The number of phenolic OH excluding ortho intramolecular Hbond substituents is 1. The molecule has 1 atom stereocenters. The van der Waals surface area contributed by atoms with Crippen molar-refractivity contribution in [2.24, 2.45) is 0 Å². The molecular formula is C17H20FNO2. The summed E-state index contributed by atoms with van der Waals surface area (Å²) in [4.78, 5) is 0. The topological polar surface area (TPSA) is 41.5 Å². The molecule has 0 amide bonds. The lowest BCUT2D eigenvalue weighted by Gasteiger charge is -2.19. The normalized spacial score (nSPS) is 12.0. The van der Waals surface area contributed by atoms with Crippen LogP contribution in [0.25, 0.3) is 0 Å². The molecule has 1 unspecified atom stereocenters. The maximum absolute atomic E-state index is 13.8. The number of halogens is 1. The molecule has 21 heavy (non-hydrogen) atoms. The van der Waals surface area contributed by atoms with Crippen LogP contribution in [0.2, 0.25) is 0 Å². The van der Waals surface area contributed by atoms with Crippen LogP contribution in [0, 0.1) is 5.82 Å². The van der Waals surface area contributed by atoms with Crippen molar-refractivity contribution in [3.05, 3.63) is 53.8 Å². The number of phenols is 1. The van der Waals surface area contributed by atoms with E-state index in [9.17, 15) is 9.50 Å². The Labute approximate surface area is 124 Å². The summed E-state index contributed by atoms with van der Waals surface area (Å²) in [7, 11) is 0. The molecule has 2 N–H and O–H groups in total. The minimum absolute atomic E-state index is 0.0583. The average Bonchev–Trinajstić information content (AvgIpc) is 2.48. The highest BCUT2D eigenvalue weighted by Gasteiger charge is 2.11. The van der Waals surface area contributed by atoms with Crippen LogP contribution in [0.1, 0.15) is 31.9 Å². The van der Waals surface area contributed by atoms with E-state index in [1.165, 1.54) is 6.07 Å². The van der Waals surface area contributed by atoms with E-state index in [-0.39, 0.29) is 23.4 Å². The molecule has 0 saturated heterocycles. The number of anilines is 1. The Morgan fingerprint density at radius 3 is 2.43 bits per heavy atom. The van der Waals surface area contributed by atoms with Gasteiger partial charge < -0.3 is 15.2 Å². The molecule has 3 nitrogen and oxygen atoms in total. The Kier molecular flexibility index (Phi) is 5.04. The zero-order valence-electron chi connectivity index (χ0n) is 12.3. The van der Waals surface area contributed by atoms with Gasteiger partial charge in [-0.05, 0) is 43.2 Å². The largest absolute Gasteiger partial charge is 0.508 e. The van der Waals surface area contributed by atoms with Crippen molar-refractivity contribution in [2.45, 2.75) is 26.3 Å². The van der Waals surface area contributed by atoms with Crippen molar-refractivity contribution >= 4 is 5.69 Å². The molecule has 0 radical (unpaired) electrons. The Morgan fingerprint density at radius 1 is 1.14 bits per heavy atom. The Hall–Kier alpha value is -2.23. The first-order chi connectivity index (χ1) is 10.1. The van der Waals surface area contributed by atoms with Gasteiger partial charge in [0, 0.05) is 11.8 Å². The van der Waals surface area contributed by atoms with Gasteiger partial charge >= 0.3 is 0 Å². The van der Waals surface area contributed by atoms with E-state index in [2.05, 4.69) is 12.2 Å². The number of hydrogen-bond acceptors (Lipinski definition) is 3. The van der Waals surface area contributed by atoms with E-state index < -0.39 is 0 Å². The van der Waals surface area contributed by atoms with Crippen LogP contribution >= 0.6 is 0 Å². The number of benzene rings is 2. The highest BCUT2D eigenvalue weighted by atomic mass is 19.1. The summed E-state index contributed by atoms with van der Waals surface area (Å²) in [6.07, 6.45) is 0.847. The second kappa shape index (κ2) is 6.97. The molecule has 2 aromatic rings. The lowest BCUT2D eigenvalue weighted by atomic mass is 10.0. The van der Waals surface area contributed by atoms with Gasteiger partial charge in [0.25, 0.3) is 0 Å². The SMILES string of the molecule is CCOc1ccc(NC(CC)c2ccc(O)cc2)cc1F. The molecule has 0 heterocycles. The highest BCUT2D eigenvalue weighted by molar-refractivity contribution is 5.49. The molecule has 0 fully saturated rings. The van der Waals surface area contributed by atoms with Gasteiger partial charge in [0.1, 0.15) is 5.75 Å². The first-order valence-corrected chi connectivity index (χ1v) is 7.11. The maximum Gasteiger partial charge on any atom is 0.167 e. The summed E-state index contributed by atoms with van der Waals surface area (Å²) in [6, 6.07) is 12.0. The molecule has 112 valence electrons. The number of aromatic hydroxyl groups is 1. The van der Waals surface area contributed by atoms with Crippen LogP contribution in [0.5, 0.6) is 11.5 Å². The minimum atomic E-state index is -0.373. The monoisotopic (exact) mass is 289 g/mol. The summed E-state index contributed by atoms with van der Waals surface area (Å²) in [5, 5.41) is 12.6. The van der Waals surface area contributed by atoms with E-state index in [0.717, 1.165) is 12.0 Å². The zero-order valence-corrected chi connectivity index (χ0v) is 12.3. The van der Waals surface area contributed by atoms with Crippen LogP contribution in [0.15, 0.2) is 42.5 Å². The summed E-state index contributed by atoms with van der Waals surface area (Å²) in [5.74, 6) is 0.129. The number of rotatable bonds is 6. The van der Waals surface area contributed by atoms with Crippen molar-refractivity contribution in [3.63, 3.8) is 0 Å². The summed E-state index contributed by atoms with van der Waals surface area (Å²) in [5.41, 5.74) is 1.75. The van der Waals surface area contributed by atoms with Crippen molar-refractivity contribution in [1.82, 2.24) is 0 Å². The average molecular weight is 289 g/mol. The summed E-state index contributed by atoms with van der Waals surface area (Å²) >= 11 is 0. The number of ether oxygens (including phenoxy) is 1. The van der Waals surface area contributed by atoms with Gasteiger partial charge in [0.2, 0.25) is 0 Å². The van der Waals surface area contributed by atoms with Crippen molar-refractivity contribution in [3.8, 4) is 11.5 Å². The van der Waals surface area contributed by atoms with Crippen molar-refractivity contribution in [1.29, 1.82) is 0 Å². The van der Waals surface area contributed by atoms with Crippen LogP contribution < -0.4 is 10.1 Å². The van der Waals surface area contributed by atoms with Crippen LogP contribution in [-0.2, 0) is 0 Å². The first-order valence-electron chi connectivity index (χ1n) is 7.11. The van der Waals surface area contributed by atoms with Crippen molar-refractivity contribution < 1.29 is 14.2 Å². The quantitative estimate of drug-likeness (QED) is 0.823. The predicted molar refractivity (Wildman–Crippen MR) is 82.3 cm³/mol. The lowest BCUT2D eigenvalue weighted by Crippen LogP contribution is -2.09. The van der Waals surface area contributed by atoms with Crippen LogP contribution in [0.4, 0.5) is 10.1 Å². The highest BCUT2D eigenvalue weighted by Crippen LogP contribution is 2.27. The number of nitrogens with one attached hydrogen (secondary N) is 1. The maximum atomic E-state index is 13.8. The Balaban J connectivity index is 2.15. The molecular weight excluding hydrogens is 269 g/mol. The second-order valence-electron chi connectivity index (χ2n) is 4.77. The summed E-state index contributed by atoms with van der Waals surface area (Å²) < 4.78 is 19.0. The van der Waals surface area contributed by atoms with Crippen LogP contribution in [0.3, 0.4) is 0 Å². The van der Waals surface area contributed by atoms with Gasteiger partial charge in [-0.3, -0.25) is 0 Å². The molecule has 0 bridgehead atoms. The fourth-order valence-corrected chi connectivity index (χ4v) is 2.19. The Bertz CT molecular complexity index is 584. The second-order valence-corrected chi connectivity index (χ2v) is 4.77. The molecule has 0 aliphatic heterocycles. The van der Waals surface area contributed by atoms with E-state index >= 15 is 0 Å². The smallest absolute Gasteiger partial charge is 0.167 e. The molecule has 0 saturated carbocycles. The molecule has 0 aliphatic rings. The van der Waals surface area contributed by atoms with Gasteiger partial charge in [-0.1, -0.05) is 19.1 Å². The van der Waals surface area contributed by atoms with E-state index in [4.69, 9.17) is 4.74 Å². The third-order valence-corrected chi connectivity index (χ3v) is 3.28. The lowest BCUT2D eigenvalue weighted by molar-refractivity contribution is 0.321.